The molecule has 1 aliphatic heterocycles. The standard InChI is InChI=1S/C25H25N3O2/c26-16-22-24(23(17-29)28(22)25(30)21-10-3-4-15-27-21)20-13-11-19(12-14-20)9-5-8-18-6-1-2-7-18/h3-4,10-15,18,22-24,29H,1-2,6-8,17H2/t22-,23+,24+/m0/s1. The van der Waals surface area contributed by atoms with Crippen molar-refractivity contribution in [1.82, 2.24) is 9.88 Å². The summed E-state index contributed by atoms with van der Waals surface area (Å²) in [7, 11) is 0. The number of likely N-dealkylation sites (tertiary alicyclic amines) is 1. The third kappa shape index (κ3) is 3.95. The van der Waals surface area contributed by atoms with E-state index in [9.17, 15) is 15.2 Å². The predicted molar refractivity (Wildman–Crippen MR) is 113 cm³/mol. The fraction of sp³-hybridized carbons (Fsp3) is 0.400. The summed E-state index contributed by atoms with van der Waals surface area (Å²) in [5, 5.41) is 19.6. The molecule has 1 saturated carbocycles. The number of aliphatic hydroxyl groups is 1. The zero-order chi connectivity index (χ0) is 20.9. The van der Waals surface area contributed by atoms with Crippen LogP contribution < -0.4 is 0 Å². The van der Waals surface area contributed by atoms with Crippen LogP contribution in [0.5, 0.6) is 0 Å². The maximum atomic E-state index is 12.8. The number of benzene rings is 1. The molecule has 3 atom stereocenters. The molecule has 0 radical (unpaired) electrons. The number of hydrogen-bond acceptors (Lipinski definition) is 4. The molecular weight excluding hydrogens is 374 g/mol. The second-order valence-corrected chi connectivity index (χ2v) is 8.06. The molecule has 1 aromatic carbocycles. The van der Waals surface area contributed by atoms with Gasteiger partial charge >= 0.3 is 0 Å². The number of carbonyl (C=O) groups is 1. The summed E-state index contributed by atoms with van der Waals surface area (Å²) in [6, 6.07) is 14.1. The van der Waals surface area contributed by atoms with Gasteiger partial charge in [0.05, 0.1) is 18.7 Å². The highest BCUT2D eigenvalue weighted by molar-refractivity contribution is 5.94. The molecule has 2 aromatic rings. The molecule has 1 aromatic heterocycles. The lowest BCUT2D eigenvalue weighted by Crippen LogP contribution is -2.65. The van der Waals surface area contributed by atoms with Crippen molar-refractivity contribution in [3.63, 3.8) is 0 Å². The van der Waals surface area contributed by atoms with E-state index >= 15 is 0 Å². The fourth-order valence-electron chi connectivity index (χ4n) is 4.61. The number of rotatable bonds is 4. The predicted octanol–water partition coefficient (Wildman–Crippen LogP) is 3.51. The highest BCUT2D eigenvalue weighted by Gasteiger charge is 2.52. The molecule has 30 heavy (non-hydrogen) atoms. The second-order valence-electron chi connectivity index (χ2n) is 8.06. The average Bonchev–Trinajstić information content (AvgIpc) is 3.29. The van der Waals surface area contributed by atoms with Gasteiger partial charge in [-0.3, -0.25) is 9.78 Å². The third-order valence-electron chi connectivity index (χ3n) is 6.24. The van der Waals surface area contributed by atoms with Crippen LogP contribution in [0.1, 0.15) is 59.6 Å². The van der Waals surface area contributed by atoms with Gasteiger partial charge in [-0.1, -0.05) is 42.9 Å². The molecule has 152 valence electrons. The Morgan fingerprint density at radius 2 is 1.93 bits per heavy atom. The van der Waals surface area contributed by atoms with Crippen molar-refractivity contribution in [2.45, 2.75) is 50.1 Å². The SMILES string of the molecule is N#C[C@H]1[C@@H](c2ccc(C#CCC3CCCC3)cc2)[C@@H](CO)N1C(=O)c1ccccn1. The summed E-state index contributed by atoms with van der Waals surface area (Å²) in [4.78, 5) is 18.3. The van der Waals surface area contributed by atoms with E-state index in [0.29, 0.717) is 0 Å². The number of nitrogens with zero attached hydrogens (tertiary/aromatic N) is 3. The number of pyridine rings is 1. The van der Waals surface area contributed by atoms with Crippen molar-refractivity contribution in [1.29, 1.82) is 5.26 Å². The number of hydrogen-bond donors (Lipinski definition) is 1. The number of aliphatic hydroxyl groups excluding tert-OH is 1. The zero-order valence-electron chi connectivity index (χ0n) is 16.9. The van der Waals surface area contributed by atoms with E-state index in [1.807, 2.05) is 24.3 Å². The van der Waals surface area contributed by atoms with E-state index in [-0.39, 0.29) is 24.1 Å². The Balaban J connectivity index is 1.47. The minimum Gasteiger partial charge on any atom is -0.394 e. The van der Waals surface area contributed by atoms with Gasteiger partial charge < -0.3 is 10.0 Å². The minimum atomic E-state index is -0.629. The number of nitriles is 1. The topological polar surface area (TPSA) is 77.2 Å². The van der Waals surface area contributed by atoms with Crippen molar-refractivity contribution in [3.05, 3.63) is 65.5 Å². The number of amides is 1. The second kappa shape index (κ2) is 9.11. The summed E-state index contributed by atoms with van der Waals surface area (Å²) in [5.74, 6) is 6.72. The van der Waals surface area contributed by atoms with E-state index in [4.69, 9.17) is 0 Å². The summed E-state index contributed by atoms with van der Waals surface area (Å²) in [5.41, 5.74) is 2.17. The average molecular weight is 399 g/mol. The summed E-state index contributed by atoms with van der Waals surface area (Å²) in [6.07, 6.45) is 7.75. The van der Waals surface area contributed by atoms with E-state index < -0.39 is 12.1 Å². The van der Waals surface area contributed by atoms with Gasteiger partial charge in [0.1, 0.15) is 11.7 Å². The highest BCUT2D eigenvalue weighted by Crippen LogP contribution is 2.41. The normalized spacial score (nSPS) is 23.2. The van der Waals surface area contributed by atoms with E-state index in [0.717, 1.165) is 23.5 Å². The molecule has 0 bridgehead atoms. The van der Waals surface area contributed by atoms with E-state index in [1.165, 1.54) is 30.6 Å². The molecule has 1 saturated heterocycles. The molecule has 2 fully saturated rings. The quantitative estimate of drug-likeness (QED) is 0.798. The van der Waals surface area contributed by atoms with Gasteiger partial charge in [-0.15, -0.1) is 0 Å². The first-order valence-corrected chi connectivity index (χ1v) is 10.6. The van der Waals surface area contributed by atoms with Crippen molar-refractivity contribution in [2.24, 2.45) is 5.92 Å². The first kappa shape index (κ1) is 20.1. The maximum absolute atomic E-state index is 12.8. The lowest BCUT2D eigenvalue weighted by molar-refractivity contribution is -0.00629. The van der Waals surface area contributed by atoms with Gasteiger partial charge in [0, 0.05) is 24.1 Å². The molecular formula is C25H25N3O2. The highest BCUT2D eigenvalue weighted by atomic mass is 16.3. The minimum absolute atomic E-state index is 0.204. The van der Waals surface area contributed by atoms with E-state index in [2.05, 4.69) is 22.9 Å². The summed E-state index contributed by atoms with van der Waals surface area (Å²) < 4.78 is 0. The Morgan fingerprint density at radius 1 is 1.17 bits per heavy atom. The Hall–Kier alpha value is -3.15. The van der Waals surface area contributed by atoms with Crippen LogP contribution in [0.2, 0.25) is 0 Å². The lowest BCUT2D eigenvalue weighted by atomic mass is 9.75. The Bertz CT molecular complexity index is 979. The smallest absolute Gasteiger partial charge is 0.273 e. The molecule has 1 N–H and O–H groups in total. The zero-order valence-corrected chi connectivity index (χ0v) is 16.9. The van der Waals surface area contributed by atoms with Crippen LogP contribution in [0.15, 0.2) is 48.7 Å². The molecule has 5 heteroatoms. The first-order valence-electron chi connectivity index (χ1n) is 10.6. The third-order valence-corrected chi connectivity index (χ3v) is 6.24. The molecule has 0 spiro atoms. The first-order chi connectivity index (χ1) is 14.7. The fourth-order valence-corrected chi connectivity index (χ4v) is 4.61. The van der Waals surface area contributed by atoms with Gasteiger partial charge in [0.2, 0.25) is 0 Å². The van der Waals surface area contributed by atoms with Gasteiger partial charge in [0.25, 0.3) is 5.91 Å². The van der Waals surface area contributed by atoms with Gasteiger partial charge in [-0.2, -0.15) is 5.26 Å². The molecule has 1 amide bonds. The Kier molecular flexibility index (Phi) is 6.12. The van der Waals surface area contributed by atoms with Crippen LogP contribution in [0.25, 0.3) is 0 Å². The van der Waals surface area contributed by atoms with Crippen molar-refractivity contribution in [3.8, 4) is 17.9 Å². The van der Waals surface area contributed by atoms with Gasteiger partial charge in [0.15, 0.2) is 0 Å². The summed E-state index contributed by atoms with van der Waals surface area (Å²) >= 11 is 0. The monoisotopic (exact) mass is 399 g/mol. The van der Waals surface area contributed by atoms with Gasteiger partial charge in [-0.05, 0) is 48.6 Å². The Morgan fingerprint density at radius 3 is 2.57 bits per heavy atom. The molecule has 1 aliphatic carbocycles. The van der Waals surface area contributed by atoms with Crippen LogP contribution in [0, 0.1) is 29.1 Å². The van der Waals surface area contributed by atoms with Crippen LogP contribution in [0.3, 0.4) is 0 Å². The molecule has 5 nitrogen and oxygen atoms in total. The van der Waals surface area contributed by atoms with Crippen molar-refractivity contribution >= 4 is 5.91 Å². The van der Waals surface area contributed by atoms with Crippen LogP contribution in [-0.2, 0) is 0 Å². The van der Waals surface area contributed by atoms with Crippen LogP contribution in [-0.4, -0.2) is 39.6 Å². The molecule has 0 unspecified atom stereocenters. The molecule has 2 heterocycles. The number of aromatic nitrogens is 1. The Labute approximate surface area is 177 Å². The maximum Gasteiger partial charge on any atom is 0.273 e. The number of carbonyl (C=O) groups excluding carboxylic acids is 1. The van der Waals surface area contributed by atoms with Crippen LogP contribution >= 0.6 is 0 Å². The summed E-state index contributed by atoms with van der Waals surface area (Å²) in [6.45, 7) is -0.204. The van der Waals surface area contributed by atoms with E-state index in [1.54, 1.807) is 24.4 Å². The molecule has 2 aliphatic rings. The lowest BCUT2D eigenvalue weighted by Gasteiger charge is -2.51. The van der Waals surface area contributed by atoms with Crippen molar-refractivity contribution in [2.75, 3.05) is 6.61 Å². The largest absolute Gasteiger partial charge is 0.394 e. The van der Waals surface area contributed by atoms with Crippen LogP contribution in [0.4, 0.5) is 0 Å². The van der Waals surface area contributed by atoms with Gasteiger partial charge in [-0.25, -0.2) is 0 Å². The molecule has 4 rings (SSSR count). The van der Waals surface area contributed by atoms with Crippen molar-refractivity contribution < 1.29 is 9.90 Å².